The van der Waals surface area contributed by atoms with Crippen LogP contribution in [-0.4, -0.2) is 18.3 Å². The van der Waals surface area contributed by atoms with E-state index in [0.717, 1.165) is 12.8 Å². The Bertz CT molecular complexity index is 156. The van der Waals surface area contributed by atoms with E-state index in [-0.39, 0.29) is 0 Å². The van der Waals surface area contributed by atoms with E-state index < -0.39 is 11.7 Å². The van der Waals surface area contributed by atoms with E-state index in [1.54, 1.807) is 0 Å². The number of rotatable bonds is 4. The second-order valence-electron chi connectivity index (χ2n) is 2.94. The van der Waals surface area contributed by atoms with Gasteiger partial charge in [-0.15, -0.1) is 0 Å². The Morgan fingerprint density at radius 1 is 1.67 bits per heavy atom. The van der Waals surface area contributed by atoms with Crippen LogP contribution in [-0.2, 0) is 9.47 Å². The molecule has 70 valence electrons. The molecule has 0 aliphatic heterocycles. The number of hydrogen-bond acceptors (Lipinski definition) is 3. The first-order chi connectivity index (χ1) is 5.72. The number of alkyl halides is 1. The monoisotopic (exact) mass is 192 g/mol. The van der Waals surface area contributed by atoms with Crippen LogP contribution in [0, 0.1) is 5.92 Å². The minimum Gasteiger partial charge on any atom is -0.434 e. The Morgan fingerprint density at radius 3 is 2.83 bits per heavy atom. The predicted molar refractivity (Wildman–Crippen MR) is 45.1 cm³/mol. The van der Waals surface area contributed by atoms with E-state index in [2.05, 4.69) is 4.74 Å². The van der Waals surface area contributed by atoms with Crippen molar-refractivity contribution < 1.29 is 14.3 Å². The minimum atomic E-state index is -0.649. The maximum atomic E-state index is 10.8. The highest BCUT2D eigenvalue weighted by molar-refractivity contribution is 6.20. The summed E-state index contributed by atoms with van der Waals surface area (Å²) in [6.07, 6.45) is 2.26. The Hall–Kier alpha value is -0.440. The van der Waals surface area contributed by atoms with Crippen molar-refractivity contribution in [3.8, 4) is 0 Å². The Morgan fingerprint density at radius 2 is 2.33 bits per heavy atom. The van der Waals surface area contributed by atoms with Gasteiger partial charge in [0.2, 0.25) is 0 Å². The van der Waals surface area contributed by atoms with Gasteiger partial charge < -0.3 is 9.47 Å². The van der Waals surface area contributed by atoms with E-state index in [9.17, 15) is 4.79 Å². The molecule has 1 atom stereocenters. The number of ether oxygens (including phenoxy) is 2. The van der Waals surface area contributed by atoms with Gasteiger partial charge in [-0.25, -0.2) is 4.79 Å². The fourth-order valence-electron chi connectivity index (χ4n) is 0.692. The number of carbonyl (C=O) groups is 1. The van der Waals surface area contributed by atoms with Gasteiger partial charge in [0.05, 0.1) is 6.61 Å². The van der Waals surface area contributed by atoms with Gasteiger partial charge in [-0.1, -0.05) is 18.5 Å². The van der Waals surface area contributed by atoms with Crippen molar-refractivity contribution >= 4 is 17.8 Å². The summed E-state index contributed by atoms with van der Waals surface area (Å²) in [6.45, 7) is 2.32. The van der Waals surface area contributed by atoms with Crippen molar-refractivity contribution in [3.63, 3.8) is 0 Å². The molecule has 0 unspecified atom stereocenters. The molecule has 0 aromatic carbocycles. The molecule has 0 radical (unpaired) electrons. The van der Waals surface area contributed by atoms with E-state index >= 15 is 0 Å². The van der Waals surface area contributed by atoms with Crippen molar-refractivity contribution in [2.45, 2.75) is 31.7 Å². The van der Waals surface area contributed by atoms with Gasteiger partial charge in [0.15, 0.2) is 5.56 Å². The van der Waals surface area contributed by atoms with Crippen LogP contribution in [0.1, 0.15) is 26.2 Å². The molecule has 1 aliphatic carbocycles. The lowest BCUT2D eigenvalue weighted by atomic mass is 10.5. The van der Waals surface area contributed by atoms with Crippen LogP contribution in [0.4, 0.5) is 4.79 Å². The lowest BCUT2D eigenvalue weighted by Crippen LogP contribution is -2.14. The van der Waals surface area contributed by atoms with Gasteiger partial charge in [0, 0.05) is 0 Å². The first kappa shape index (κ1) is 9.65. The molecule has 1 saturated carbocycles. The minimum absolute atomic E-state index is 0.478. The maximum absolute atomic E-state index is 10.8. The summed E-state index contributed by atoms with van der Waals surface area (Å²) in [5, 5.41) is 0. The second-order valence-corrected chi connectivity index (χ2v) is 3.43. The van der Waals surface area contributed by atoms with Gasteiger partial charge in [0.25, 0.3) is 0 Å². The number of hydrogen-bond donors (Lipinski definition) is 0. The van der Waals surface area contributed by atoms with Crippen LogP contribution in [0.5, 0.6) is 0 Å². The van der Waals surface area contributed by atoms with Crippen molar-refractivity contribution in [1.82, 2.24) is 0 Å². The first-order valence-corrected chi connectivity index (χ1v) is 4.63. The molecule has 12 heavy (non-hydrogen) atoms. The molecule has 3 nitrogen and oxygen atoms in total. The van der Waals surface area contributed by atoms with Crippen molar-refractivity contribution in [1.29, 1.82) is 0 Å². The Balaban J connectivity index is 2.01. The molecule has 1 fully saturated rings. The molecule has 0 aromatic heterocycles. The predicted octanol–water partition coefficient (Wildman–Crippen LogP) is 2.52. The highest BCUT2D eigenvalue weighted by atomic mass is 35.5. The Labute approximate surface area is 77.0 Å². The molecule has 0 spiro atoms. The molecule has 1 aliphatic rings. The molecule has 4 heteroatoms. The van der Waals surface area contributed by atoms with Gasteiger partial charge in [-0.05, 0) is 25.2 Å². The first-order valence-electron chi connectivity index (χ1n) is 4.20. The summed E-state index contributed by atoms with van der Waals surface area (Å²) >= 11 is 5.57. The average molecular weight is 193 g/mol. The Kier molecular flexibility index (Phi) is 3.66. The number of carbonyl (C=O) groups excluding carboxylic acids is 1. The normalized spacial score (nSPS) is 18.5. The maximum Gasteiger partial charge on any atom is 0.509 e. The average Bonchev–Trinajstić information content (AvgIpc) is 2.83. The third-order valence-corrected chi connectivity index (χ3v) is 2.08. The van der Waals surface area contributed by atoms with Crippen molar-refractivity contribution in [2.75, 3.05) is 6.61 Å². The highest BCUT2D eigenvalue weighted by Gasteiger charge is 2.23. The lowest BCUT2D eigenvalue weighted by molar-refractivity contribution is 0.0421. The largest absolute Gasteiger partial charge is 0.509 e. The topological polar surface area (TPSA) is 35.5 Å². The molecule has 1 rings (SSSR count). The van der Waals surface area contributed by atoms with Crippen LogP contribution >= 0.6 is 11.6 Å². The van der Waals surface area contributed by atoms with Gasteiger partial charge in [0.1, 0.15) is 0 Å². The van der Waals surface area contributed by atoms with Gasteiger partial charge in [-0.3, -0.25) is 0 Å². The zero-order valence-electron chi connectivity index (χ0n) is 7.09. The molecule has 0 saturated heterocycles. The van der Waals surface area contributed by atoms with Gasteiger partial charge >= 0.3 is 6.16 Å². The summed E-state index contributed by atoms with van der Waals surface area (Å²) in [6, 6.07) is 0. The van der Waals surface area contributed by atoms with E-state index in [1.165, 1.54) is 0 Å². The molecule has 0 N–H and O–H groups in total. The van der Waals surface area contributed by atoms with Crippen LogP contribution in [0.25, 0.3) is 0 Å². The fraction of sp³-hybridized carbons (Fsp3) is 0.875. The summed E-state index contributed by atoms with van der Waals surface area (Å²) in [7, 11) is 0. The fourth-order valence-corrected chi connectivity index (χ4v) is 0.765. The smallest absolute Gasteiger partial charge is 0.434 e. The van der Waals surface area contributed by atoms with E-state index in [1.807, 2.05) is 6.92 Å². The van der Waals surface area contributed by atoms with Crippen LogP contribution in [0.2, 0.25) is 0 Å². The standard InChI is InChI=1S/C8H13ClO3/c1-2-7(9)12-8(10)11-5-6-3-4-6/h6-7H,2-5H2,1H3/t7-/m0/s1. The van der Waals surface area contributed by atoms with Crippen LogP contribution in [0.3, 0.4) is 0 Å². The summed E-state index contributed by atoms with van der Waals surface area (Å²) < 4.78 is 9.47. The van der Waals surface area contributed by atoms with Gasteiger partial charge in [-0.2, -0.15) is 0 Å². The molecule has 0 heterocycles. The third kappa shape index (κ3) is 3.81. The van der Waals surface area contributed by atoms with Crippen LogP contribution in [0.15, 0.2) is 0 Å². The van der Waals surface area contributed by atoms with Crippen LogP contribution < -0.4 is 0 Å². The van der Waals surface area contributed by atoms with E-state index in [4.69, 9.17) is 16.3 Å². The lowest BCUT2D eigenvalue weighted by Gasteiger charge is -2.08. The molecule has 0 bridgehead atoms. The summed E-state index contributed by atoms with van der Waals surface area (Å²) in [5.41, 5.74) is -0.559. The zero-order chi connectivity index (χ0) is 8.97. The highest BCUT2D eigenvalue weighted by Crippen LogP contribution is 2.28. The van der Waals surface area contributed by atoms with E-state index in [0.29, 0.717) is 18.9 Å². The third-order valence-electron chi connectivity index (χ3n) is 1.68. The molecule has 0 amide bonds. The molecular weight excluding hydrogens is 180 g/mol. The zero-order valence-corrected chi connectivity index (χ0v) is 7.84. The quantitative estimate of drug-likeness (QED) is 0.507. The molecular formula is C8H13ClO3. The van der Waals surface area contributed by atoms with Crippen molar-refractivity contribution in [3.05, 3.63) is 0 Å². The molecule has 0 aromatic rings. The number of halogens is 1. The summed E-state index contributed by atoms with van der Waals surface area (Å²) in [4.78, 5) is 10.8. The second kappa shape index (κ2) is 4.55. The SMILES string of the molecule is CC[C@@H](Cl)OC(=O)OCC1CC1. The summed E-state index contributed by atoms with van der Waals surface area (Å²) in [5.74, 6) is 0.563. The van der Waals surface area contributed by atoms with Crippen molar-refractivity contribution in [2.24, 2.45) is 5.92 Å².